The van der Waals surface area contributed by atoms with Crippen molar-refractivity contribution in [2.75, 3.05) is 37.9 Å². The molecule has 1 atom stereocenters. The van der Waals surface area contributed by atoms with E-state index in [1.165, 1.54) is 12.4 Å². The van der Waals surface area contributed by atoms with Crippen molar-refractivity contribution in [2.24, 2.45) is 0 Å². The smallest absolute Gasteiger partial charge is 0.410 e. The molecule has 0 saturated carbocycles. The summed E-state index contributed by atoms with van der Waals surface area (Å²) < 4.78 is 47.1. The van der Waals surface area contributed by atoms with Gasteiger partial charge in [0.2, 0.25) is 0 Å². The summed E-state index contributed by atoms with van der Waals surface area (Å²) >= 11 is 0. The topological polar surface area (TPSA) is 138 Å². The second kappa shape index (κ2) is 15.7. The van der Waals surface area contributed by atoms with Crippen LogP contribution in [0.2, 0.25) is 0 Å². The fraction of sp³-hybridized carbons (Fsp3) is 0.293. The van der Waals surface area contributed by atoms with Gasteiger partial charge in [-0.2, -0.15) is 19.0 Å². The Morgan fingerprint density at radius 2 is 1.64 bits per heavy atom. The highest BCUT2D eigenvalue weighted by Gasteiger charge is 2.34. The lowest BCUT2D eigenvalue weighted by Crippen LogP contribution is -2.35. The fourth-order valence-electron chi connectivity index (χ4n) is 6.78. The first-order valence-corrected chi connectivity index (χ1v) is 18.1. The van der Waals surface area contributed by atoms with Crippen molar-refractivity contribution >= 4 is 34.4 Å². The number of halogens is 2. The number of benzene rings is 3. The van der Waals surface area contributed by atoms with E-state index in [1.807, 2.05) is 86.1 Å². The molecule has 1 aliphatic heterocycles. The number of nitrogens with one attached hydrogen (secondary N) is 2. The Kier molecular flexibility index (Phi) is 10.6. The molecule has 1 saturated heterocycles. The molecule has 4 heterocycles. The summed E-state index contributed by atoms with van der Waals surface area (Å²) in [6, 6.07) is 21.4. The van der Waals surface area contributed by atoms with Gasteiger partial charge >= 0.3 is 12.6 Å². The number of nitrogens with zero attached hydrogens (tertiary/aromatic N) is 6. The molecule has 56 heavy (non-hydrogen) atoms. The highest BCUT2D eigenvalue weighted by molar-refractivity contribution is 6.08. The van der Waals surface area contributed by atoms with Crippen molar-refractivity contribution < 1.29 is 32.6 Å². The van der Waals surface area contributed by atoms with Crippen LogP contribution in [0.25, 0.3) is 33.3 Å². The Balaban J connectivity index is 1.37. The molecule has 0 spiro atoms. The maximum Gasteiger partial charge on any atom is 0.410 e. The summed E-state index contributed by atoms with van der Waals surface area (Å²) in [6.07, 6.45) is 4.36. The zero-order chi connectivity index (χ0) is 39.6. The monoisotopic (exact) mass is 764 g/mol. The number of likely N-dealkylation sites (tertiary alicyclic amines) is 1. The lowest BCUT2D eigenvalue weighted by atomic mass is 10.0. The average Bonchev–Trinajstić information content (AvgIpc) is 3.97. The lowest BCUT2D eigenvalue weighted by Gasteiger charge is -2.24. The van der Waals surface area contributed by atoms with E-state index in [-0.39, 0.29) is 18.5 Å². The number of carbonyl (C=O) groups excluding carboxylic acids is 2. The summed E-state index contributed by atoms with van der Waals surface area (Å²) in [7, 11) is 3.16. The first-order valence-electron chi connectivity index (χ1n) is 18.1. The number of rotatable bonds is 11. The summed E-state index contributed by atoms with van der Waals surface area (Å²) in [4.78, 5) is 32.9. The Morgan fingerprint density at radius 1 is 0.929 bits per heavy atom. The van der Waals surface area contributed by atoms with Gasteiger partial charge in [0.25, 0.3) is 5.91 Å². The summed E-state index contributed by atoms with van der Waals surface area (Å²) in [6.45, 7) is 3.56. The van der Waals surface area contributed by atoms with E-state index < -0.39 is 18.2 Å². The van der Waals surface area contributed by atoms with E-state index in [1.54, 1.807) is 37.4 Å². The maximum absolute atomic E-state index is 13.8. The summed E-state index contributed by atoms with van der Waals surface area (Å²) in [5.74, 6) is 1.39. The molecule has 2 amide bonds. The fourth-order valence-corrected chi connectivity index (χ4v) is 6.78. The molecule has 13 nitrogen and oxygen atoms in total. The number of ether oxygens (including phenoxy) is 3. The molecule has 3 aromatic carbocycles. The number of hydrogen-bond donors (Lipinski definition) is 2. The van der Waals surface area contributed by atoms with E-state index in [2.05, 4.69) is 15.7 Å². The first kappa shape index (κ1) is 37.8. The third-order valence-electron chi connectivity index (χ3n) is 9.41. The number of fused-ring (bicyclic) bond motifs is 1. The molecule has 6 aromatic rings. The molecule has 0 radical (unpaired) electrons. The number of hydrogen-bond acceptors (Lipinski definition) is 9. The van der Waals surface area contributed by atoms with Gasteiger partial charge in [-0.15, -0.1) is 0 Å². The highest BCUT2D eigenvalue weighted by atomic mass is 19.3. The van der Waals surface area contributed by atoms with Crippen molar-refractivity contribution in [3.63, 3.8) is 0 Å². The van der Waals surface area contributed by atoms with Crippen LogP contribution in [0.4, 0.5) is 25.1 Å². The van der Waals surface area contributed by atoms with E-state index >= 15 is 0 Å². The van der Waals surface area contributed by atoms with Crippen molar-refractivity contribution in [2.45, 2.75) is 51.9 Å². The van der Waals surface area contributed by atoms with E-state index in [0.29, 0.717) is 86.0 Å². The quantitative estimate of drug-likeness (QED) is 0.133. The number of pyridine rings is 1. The number of anilines is 2. The molecule has 7 rings (SSSR count). The first-order chi connectivity index (χ1) is 26.9. The van der Waals surface area contributed by atoms with Crippen LogP contribution in [-0.2, 0) is 11.3 Å². The zero-order valence-electron chi connectivity index (χ0n) is 31.6. The van der Waals surface area contributed by atoms with Gasteiger partial charge in [-0.05, 0) is 63.6 Å². The van der Waals surface area contributed by atoms with Crippen molar-refractivity contribution in [3.05, 3.63) is 103 Å². The molecule has 1 aliphatic rings. The van der Waals surface area contributed by atoms with Crippen molar-refractivity contribution in [1.29, 1.82) is 0 Å². The number of amides is 2. The molecule has 15 heteroatoms. The van der Waals surface area contributed by atoms with Gasteiger partial charge in [-0.25, -0.2) is 14.5 Å². The standard InChI is InChI=1S/C41H42F2N8O5/c1-41(2,3)56-40(53)49-19-18-29(24-49)51-36-30(27-20-46-50(23-27)39(42)43)21-44-37(45-22-31-32(54-4)12-9-13-33(31)55-5)34(36)35(48-51)25-14-16-26(17-15-25)38(52)47-28-10-7-6-8-11-28/h6-17,20-21,23,29,39H,18-19,22,24H2,1-5H3,(H,44,45)(H,47,52)/t29-/m0/s1. The van der Waals surface area contributed by atoms with E-state index in [4.69, 9.17) is 24.3 Å². The van der Waals surface area contributed by atoms with Crippen molar-refractivity contribution in [1.82, 2.24) is 29.4 Å². The predicted octanol–water partition coefficient (Wildman–Crippen LogP) is 8.42. The molecule has 3 aromatic heterocycles. The minimum atomic E-state index is -2.85. The van der Waals surface area contributed by atoms with Crippen LogP contribution < -0.4 is 20.1 Å². The maximum atomic E-state index is 13.8. The van der Waals surface area contributed by atoms with Crippen molar-refractivity contribution in [3.8, 4) is 33.9 Å². The SMILES string of the molecule is COc1cccc(OC)c1CNc1ncc(-c2cnn(C(F)F)c2)c2c1c(-c1ccc(C(=O)Nc3ccccc3)cc1)nn2[C@H]1CCN(C(=O)OC(C)(C)C)C1. The van der Waals surface area contributed by atoms with Gasteiger partial charge in [0, 0.05) is 60.0 Å². The zero-order valence-corrected chi connectivity index (χ0v) is 31.6. The molecule has 1 fully saturated rings. The Bertz CT molecular complexity index is 2330. The minimum Gasteiger partial charge on any atom is -0.496 e. The normalized spacial score (nSPS) is 14.3. The van der Waals surface area contributed by atoms with Crippen LogP contribution in [0.15, 0.2) is 91.4 Å². The predicted molar refractivity (Wildman–Crippen MR) is 208 cm³/mol. The number of para-hydroxylation sites is 1. The van der Waals surface area contributed by atoms with Crippen LogP contribution in [0.1, 0.15) is 55.7 Å². The summed E-state index contributed by atoms with van der Waals surface area (Å²) in [5, 5.41) is 16.1. The second-order valence-electron chi connectivity index (χ2n) is 14.3. The molecule has 0 bridgehead atoms. The van der Waals surface area contributed by atoms with Crippen LogP contribution in [0, 0.1) is 0 Å². The number of alkyl halides is 2. The van der Waals surface area contributed by atoms with Gasteiger partial charge in [0.1, 0.15) is 28.6 Å². The van der Waals surface area contributed by atoms with Crippen LogP contribution in [0.5, 0.6) is 11.5 Å². The largest absolute Gasteiger partial charge is 0.496 e. The third-order valence-corrected chi connectivity index (χ3v) is 9.41. The Hall–Kier alpha value is -6.51. The molecule has 2 N–H and O–H groups in total. The van der Waals surface area contributed by atoms with Gasteiger partial charge in [0.15, 0.2) is 0 Å². The van der Waals surface area contributed by atoms with Crippen LogP contribution in [0.3, 0.4) is 0 Å². The number of carbonyl (C=O) groups is 2. The van der Waals surface area contributed by atoms with E-state index in [0.717, 1.165) is 5.56 Å². The second-order valence-corrected chi connectivity index (χ2v) is 14.3. The van der Waals surface area contributed by atoms with Gasteiger partial charge in [-0.1, -0.05) is 36.4 Å². The molecular formula is C41H42F2N8O5. The van der Waals surface area contributed by atoms with Crippen LogP contribution in [-0.4, -0.2) is 74.4 Å². The molecule has 0 aliphatic carbocycles. The van der Waals surface area contributed by atoms with Gasteiger partial charge < -0.3 is 29.7 Å². The third kappa shape index (κ3) is 7.83. The Morgan fingerprint density at radius 3 is 2.29 bits per heavy atom. The lowest BCUT2D eigenvalue weighted by molar-refractivity contribution is 0.0288. The Labute approximate surface area is 322 Å². The number of methoxy groups -OCH3 is 2. The summed E-state index contributed by atoms with van der Waals surface area (Å²) in [5.41, 5.74) is 3.89. The molecule has 0 unspecified atom stereocenters. The van der Waals surface area contributed by atoms with Crippen LogP contribution >= 0.6 is 0 Å². The van der Waals surface area contributed by atoms with Gasteiger partial charge in [-0.3, -0.25) is 9.48 Å². The molecule has 290 valence electrons. The highest BCUT2D eigenvalue weighted by Crippen LogP contribution is 2.42. The molecular weight excluding hydrogens is 722 g/mol. The van der Waals surface area contributed by atoms with Gasteiger partial charge in [0.05, 0.1) is 42.9 Å². The minimum absolute atomic E-state index is 0.247. The van der Waals surface area contributed by atoms with E-state index in [9.17, 15) is 18.4 Å². The average molecular weight is 765 g/mol. The number of aromatic nitrogens is 5.